The van der Waals surface area contributed by atoms with Crippen molar-refractivity contribution in [1.29, 1.82) is 0 Å². The van der Waals surface area contributed by atoms with E-state index in [0.29, 0.717) is 23.4 Å². The van der Waals surface area contributed by atoms with Crippen LogP contribution in [0.25, 0.3) is 11.3 Å². The number of halogens is 2. The van der Waals surface area contributed by atoms with Gasteiger partial charge in [-0.2, -0.15) is 0 Å². The molecule has 4 rings (SSSR count). The number of carbonyl (C=O) groups is 2. The number of rotatable bonds is 6. The van der Waals surface area contributed by atoms with Gasteiger partial charge in [0, 0.05) is 35.8 Å². The first-order valence-corrected chi connectivity index (χ1v) is 11.3. The summed E-state index contributed by atoms with van der Waals surface area (Å²) in [6.45, 7) is 1.61. The van der Waals surface area contributed by atoms with E-state index in [0.717, 1.165) is 19.4 Å². The molecule has 0 aliphatic carbocycles. The molecule has 5 N–H and O–H groups in total. The lowest BCUT2D eigenvalue weighted by Crippen LogP contribution is -2.46. The Hall–Kier alpha value is -3.56. The lowest BCUT2D eigenvalue weighted by Gasteiger charge is -2.23. The molecule has 8 nitrogen and oxygen atoms in total. The Bertz CT molecular complexity index is 1220. The van der Waals surface area contributed by atoms with Crippen molar-refractivity contribution >= 4 is 29.2 Å². The maximum atomic E-state index is 14.1. The van der Waals surface area contributed by atoms with Gasteiger partial charge in [0.2, 0.25) is 0 Å². The summed E-state index contributed by atoms with van der Waals surface area (Å²) in [7, 11) is 0. The molecular weight excluding hydrogens is 459 g/mol. The van der Waals surface area contributed by atoms with E-state index >= 15 is 0 Å². The van der Waals surface area contributed by atoms with Gasteiger partial charge in [-0.05, 0) is 37.6 Å². The van der Waals surface area contributed by atoms with Gasteiger partial charge in [0.25, 0.3) is 11.8 Å². The van der Waals surface area contributed by atoms with Crippen molar-refractivity contribution in [2.24, 2.45) is 0 Å². The van der Waals surface area contributed by atoms with Crippen molar-refractivity contribution in [2.75, 3.05) is 18.8 Å². The van der Waals surface area contributed by atoms with Gasteiger partial charge >= 0.3 is 0 Å². The summed E-state index contributed by atoms with van der Waals surface area (Å²) >= 11 is 5.79. The molecule has 1 fully saturated rings. The fraction of sp³-hybridized carbons (Fsp3) is 0.250. The number of nitrogen functional groups attached to an aromatic ring is 1. The number of anilines is 1. The van der Waals surface area contributed by atoms with E-state index in [9.17, 15) is 14.0 Å². The number of hydrogen-bond acceptors (Lipinski definition) is 6. The molecule has 176 valence electrons. The summed E-state index contributed by atoms with van der Waals surface area (Å²) < 4.78 is 14.1. The van der Waals surface area contributed by atoms with Crippen LogP contribution in [0.1, 0.15) is 39.3 Å². The smallest absolute Gasteiger partial charge is 0.274 e. The molecule has 2 aromatic carbocycles. The maximum absolute atomic E-state index is 14.1. The van der Waals surface area contributed by atoms with Gasteiger partial charge in [0.05, 0.1) is 16.9 Å². The van der Waals surface area contributed by atoms with Crippen molar-refractivity contribution in [3.8, 4) is 11.3 Å². The highest BCUT2D eigenvalue weighted by molar-refractivity contribution is 6.30. The zero-order chi connectivity index (χ0) is 24.1. The van der Waals surface area contributed by atoms with Crippen LogP contribution in [0.2, 0.25) is 5.02 Å². The van der Waals surface area contributed by atoms with E-state index in [-0.39, 0.29) is 34.7 Å². The highest BCUT2D eigenvalue weighted by Crippen LogP contribution is 2.21. The summed E-state index contributed by atoms with van der Waals surface area (Å²) in [6, 6.07) is 11.3. The molecule has 34 heavy (non-hydrogen) atoms. The first-order chi connectivity index (χ1) is 16.4. The quantitative estimate of drug-likeness (QED) is 0.428. The van der Waals surface area contributed by atoms with Gasteiger partial charge in [0.15, 0.2) is 11.5 Å². The third-order valence-electron chi connectivity index (χ3n) is 5.54. The van der Waals surface area contributed by atoms with Crippen LogP contribution in [0, 0.1) is 5.82 Å². The van der Waals surface area contributed by atoms with Gasteiger partial charge in [-0.15, -0.1) is 0 Å². The standard InChI is InChI=1S/C24H24ClFN6O2/c25-18-8-2-6-16(20(18)26)11-30-23(33)15-5-1-4-14(10-15)19-13-29-22(27)21(32-19)24(34)31-17-7-3-9-28-12-17/h1-2,4-6,8,10,13,17,28H,3,7,9,11-12H2,(H2,27,29)(H,30,33)(H,31,34). The largest absolute Gasteiger partial charge is 0.382 e. The third-order valence-corrected chi connectivity index (χ3v) is 5.83. The second-order valence-corrected chi connectivity index (χ2v) is 8.39. The Kier molecular flexibility index (Phi) is 7.34. The van der Waals surface area contributed by atoms with Crippen molar-refractivity contribution < 1.29 is 14.0 Å². The summed E-state index contributed by atoms with van der Waals surface area (Å²) in [5.74, 6) is -1.32. The van der Waals surface area contributed by atoms with E-state index in [1.54, 1.807) is 36.4 Å². The number of nitrogens with zero attached hydrogens (tertiary/aromatic N) is 2. The van der Waals surface area contributed by atoms with Crippen LogP contribution in [-0.2, 0) is 6.54 Å². The normalized spacial score (nSPS) is 15.5. The number of amides is 2. The number of nitrogens with one attached hydrogen (secondary N) is 3. The van der Waals surface area contributed by atoms with Crippen LogP contribution in [0.5, 0.6) is 0 Å². The minimum Gasteiger partial charge on any atom is -0.382 e. The highest BCUT2D eigenvalue weighted by atomic mass is 35.5. The Morgan fingerprint density at radius 1 is 1.21 bits per heavy atom. The Morgan fingerprint density at radius 3 is 2.82 bits per heavy atom. The zero-order valence-corrected chi connectivity index (χ0v) is 19.0. The molecule has 0 bridgehead atoms. The minimum absolute atomic E-state index is 0.00228. The molecule has 1 aliphatic rings. The average Bonchev–Trinajstić information content (AvgIpc) is 2.85. The number of benzene rings is 2. The second-order valence-electron chi connectivity index (χ2n) is 7.98. The molecule has 0 radical (unpaired) electrons. The summed E-state index contributed by atoms with van der Waals surface area (Å²) in [6.07, 6.45) is 3.31. The zero-order valence-electron chi connectivity index (χ0n) is 18.3. The molecule has 1 atom stereocenters. The number of carbonyl (C=O) groups excluding carboxylic acids is 2. The van der Waals surface area contributed by atoms with Gasteiger partial charge < -0.3 is 21.7 Å². The predicted molar refractivity (Wildman–Crippen MR) is 128 cm³/mol. The first kappa shape index (κ1) is 23.6. The maximum Gasteiger partial charge on any atom is 0.274 e. The molecule has 2 amide bonds. The molecule has 0 saturated carbocycles. The molecule has 10 heteroatoms. The fourth-order valence-electron chi connectivity index (χ4n) is 3.72. The average molecular weight is 483 g/mol. The van der Waals surface area contributed by atoms with Crippen molar-refractivity contribution in [1.82, 2.24) is 25.9 Å². The van der Waals surface area contributed by atoms with Crippen molar-refractivity contribution in [2.45, 2.75) is 25.4 Å². The van der Waals surface area contributed by atoms with Gasteiger partial charge in [-0.1, -0.05) is 35.9 Å². The Morgan fingerprint density at radius 2 is 2.03 bits per heavy atom. The van der Waals surface area contributed by atoms with Crippen LogP contribution in [0.3, 0.4) is 0 Å². The summed E-state index contributed by atoms with van der Waals surface area (Å²) in [5, 5.41) is 8.85. The fourth-order valence-corrected chi connectivity index (χ4v) is 3.91. The number of hydrogen-bond donors (Lipinski definition) is 4. The Balaban J connectivity index is 1.49. The molecule has 2 heterocycles. The van der Waals surface area contributed by atoms with Crippen LogP contribution in [-0.4, -0.2) is 40.9 Å². The topological polar surface area (TPSA) is 122 Å². The Labute approximate surface area is 201 Å². The molecule has 1 aliphatic heterocycles. The van der Waals surface area contributed by atoms with Crippen LogP contribution < -0.4 is 21.7 Å². The van der Waals surface area contributed by atoms with E-state index in [1.807, 2.05) is 0 Å². The van der Waals surface area contributed by atoms with Crippen LogP contribution in [0.4, 0.5) is 10.2 Å². The molecule has 1 aromatic heterocycles. The molecule has 1 unspecified atom stereocenters. The van der Waals surface area contributed by atoms with E-state index in [1.165, 1.54) is 12.3 Å². The molecular formula is C24H24ClFN6O2. The highest BCUT2D eigenvalue weighted by Gasteiger charge is 2.20. The SMILES string of the molecule is Nc1ncc(-c2cccc(C(=O)NCc3cccc(Cl)c3F)c2)nc1C(=O)NC1CCCNC1. The summed E-state index contributed by atoms with van der Waals surface area (Å²) in [5.41, 5.74) is 7.56. The van der Waals surface area contributed by atoms with Gasteiger partial charge in [0.1, 0.15) is 5.82 Å². The number of aromatic nitrogens is 2. The van der Waals surface area contributed by atoms with Gasteiger partial charge in [-0.25, -0.2) is 14.4 Å². The summed E-state index contributed by atoms with van der Waals surface area (Å²) in [4.78, 5) is 33.9. The van der Waals surface area contributed by atoms with E-state index in [2.05, 4.69) is 25.9 Å². The third kappa shape index (κ3) is 5.49. The molecule has 0 spiro atoms. The lowest BCUT2D eigenvalue weighted by atomic mass is 10.1. The first-order valence-electron chi connectivity index (χ1n) is 10.9. The lowest BCUT2D eigenvalue weighted by molar-refractivity contribution is 0.0923. The van der Waals surface area contributed by atoms with Crippen molar-refractivity contribution in [3.05, 3.63) is 76.3 Å². The van der Waals surface area contributed by atoms with Gasteiger partial charge in [-0.3, -0.25) is 9.59 Å². The van der Waals surface area contributed by atoms with E-state index < -0.39 is 17.6 Å². The number of piperidine rings is 1. The monoisotopic (exact) mass is 482 g/mol. The predicted octanol–water partition coefficient (Wildman–Crippen LogP) is 2.93. The molecule has 3 aromatic rings. The molecule has 1 saturated heterocycles. The minimum atomic E-state index is -0.565. The van der Waals surface area contributed by atoms with E-state index in [4.69, 9.17) is 17.3 Å². The van der Waals surface area contributed by atoms with Crippen LogP contribution >= 0.6 is 11.6 Å². The van der Waals surface area contributed by atoms with Crippen LogP contribution in [0.15, 0.2) is 48.7 Å². The van der Waals surface area contributed by atoms with Crippen molar-refractivity contribution in [3.63, 3.8) is 0 Å². The second kappa shape index (κ2) is 10.6. The number of nitrogens with two attached hydrogens (primary N) is 1.